The van der Waals surface area contributed by atoms with E-state index in [9.17, 15) is 18.8 Å². The van der Waals surface area contributed by atoms with Crippen molar-refractivity contribution in [1.82, 2.24) is 15.1 Å². The van der Waals surface area contributed by atoms with Crippen LogP contribution in [0.2, 0.25) is 0 Å². The number of anilines is 1. The normalized spacial score (nSPS) is 25.4. The topological polar surface area (TPSA) is 73.0 Å². The Bertz CT molecular complexity index is 986. The van der Waals surface area contributed by atoms with E-state index in [1.54, 1.807) is 4.90 Å². The molecule has 32 heavy (non-hydrogen) atoms. The average Bonchev–Trinajstić information content (AvgIpc) is 3.46. The lowest BCUT2D eigenvalue weighted by molar-refractivity contribution is -0.132. The van der Waals surface area contributed by atoms with E-state index in [-0.39, 0.29) is 29.8 Å². The quantitative estimate of drug-likeness (QED) is 0.722. The molecule has 4 aliphatic rings. The maximum Gasteiger partial charge on any atom is 0.254 e. The third-order valence-electron chi connectivity index (χ3n) is 7.46. The van der Waals surface area contributed by atoms with Crippen LogP contribution in [0, 0.1) is 17.7 Å². The van der Waals surface area contributed by atoms with Crippen molar-refractivity contribution in [2.75, 3.05) is 44.7 Å². The van der Waals surface area contributed by atoms with Crippen molar-refractivity contribution in [2.45, 2.75) is 31.7 Å². The molecular formula is C24H29FN4O3. The number of piperidine rings is 1. The van der Waals surface area contributed by atoms with Gasteiger partial charge >= 0.3 is 0 Å². The van der Waals surface area contributed by atoms with E-state index >= 15 is 0 Å². The highest BCUT2D eigenvalue weighted by Crippen LogP contribution is 2.36. The summed E-state index contributed by atoms with van der Waals surface area (Å²) in [6, 6.07) is 2.80. The molecule has 0 bridgehead atoms. The van der Waals surface area contributed by atoms with Crippen LogP contribution in [-0.2, 0) is 16.0 Å². The van der Waals surface area contributed by atoms with Gasteiger partial charge in [-0.05, 0) is 48.8 Å². The summed E-state index contributed by atoms with van der Waals surface area (Å²) in [6.07, 6.45) is 7.22. The molecule has 3 amide bonds. The predicted octanol–water partition coefficient (Wildman–Crippen LogP) is 1.57. The van der Waals surface area contributed by atoms with Crippen LogP contribution in [0.5, 0.6) is 0 Å². The molecule has 1 aromatic carbocycles. The molecule has 2 atom stereocenters. The van der Waals surface area contributed by atoms with Crippen LogP contribution in [0.3, 0.4) is 0 Å². The van der Waals surface area contributed by atoms with Crippen LogP contribution in [0.4, 0.5) is 10.1 Å². The Labute approximate surface area is 187 Å². The van der Waals surface area contributed by atoms with E-state index in [1.807, 2.05) is 4.90 Å². The number of carbonyl (C=O) groups is 3. The number of hydrogen-bond donors (Lipinski definition) is 1. The number of amides is 3. The predicted molar refractivity (Wildman–Crippen MR) is 118 cm³/mol. The van der Waals surface area contributed by atoms with Crippen molar-refractivity contribution in [1.29, 1.82) is 0 Å². The molecule has 1 N–H and O–H groups in total. The number of likely N-dealkylation sites (tertiary alicyclic amines) is 2. The second kappa shape index (κ2) is 8.31. The standard InChI is InChI=1S/C24H29FN4O3/c1-26-24(32)19-9-17-10-22(30)29(21(17)11-20(19)25)18-5-7-27(8-6-18)14-23(31)28-12-15-3-2-4-16(15)13-28/h2-3,9,11,15-16,18H,4-8,10,12-14H2,1H3,(H,26,32). The van der Waals surface area contributed by atoms with Crippen LogP contribution >= 0.6 is 0 Å². The lowest BCUT2D eigenvalue weighted by atomic mass is 10.0. The molecule has 1 aliphatic carbocycles. The molecule has 0 saturated carbocycles. The van der Waals surface area contributed by atoms with E-state index < -0.39 is 11.7 Å². The van der Waals surface area contributed by atoms with Crippen molar-refractivity contribution in [2.24, 2.45) is 11.8 Å². The number of nitrogens with zero attached hydrogens (tertiary/aromatic N) is 3. The van der Waals surface area contributed by atoms with Gasteiger partial charge in [0.25, 0.3) is 5.91 Å². The Morgan fingerprint density at radius 2 is 1.97 bits per heavy atom. The second-order valence-corrected chi connectivity index (χ2v) is 9.37. The minimum absolute atomic E-state index is 0.0170. The van der Waals surface area contributed by atoms with E-state index in [4.69, 9.17) is 0 Å². The molecule has 2 unspecified atom stereocenters. The Kier molecular flexibility index (Phi) is 5.49. The molecule has 2 saturated heterocycles. The molecule has 7 nitrogen and oxygen atoms in total. The molecule has 5 rings (SSSR count). The molecule has 0 spiro atoms. The lowest BCUT2D eigenvalue weighted by Gasteiger charge is -2.37. The van der Waals surface area contributed by atoms with Gasteiger partial charge in [0, 0.05) is 39.3 Å². The van der Waals surface area contributed by atoms with Crippen molar-refractivity contribution in [3.63, 3.8) is 0 Å². The minimum atomic E-state index is -0.615. The smallest absolute Gasteiger partial charge is 0.254 e. The first-order valence-electron chi connectivity index (χ1n) is 11.5. The monoisotopic (exact) mass is 440 g/mol. The highest BCUT2D eigenvalue weighted by molar-refractivity contribution is 6.04. The van der Waals surface area contributed by atoms with Gasteiger partial charge in [-0.2, -0.15) is 0 Å². The zero-order chi connectivity index (χ0) is 22.4. The van der Waals surface area contributed by atoms with Crippen molar-refractivity contribution < 1.29 is 18.8 Å². The summed E-state index contributed by atoms with van der Waals surface area (Å²) < 4.78 is 14.5. The summed E-state index contributed by atoms with van der Waals surface area (Å²) in [7, 11) is 1.46. The van der Waals surface area contributed by atoms with Gasteiger partial charge in [-0.3, -0.25) is 19.3 Å². The van der Waals surface area contributed by atoms with Crippen molar-refractivity contribution in [3.8, 4) is 0 Å². The van der Waals surface area contributed by atoms with Crippen LogP contribution in [-0.4, -0.2) is 73.3 Å². The summed E-state index contributed by atoms with van der Waals surface area (Å²) in [5, 5.41) is 2.43. The van der Waals surface area contributed by atoms with Crippen LogP contribution < -0.4 is 10.2 Å². The van der Waals surface area contributed by atoms with E-state index in [1.165, 1.54) is 19.2 Å². The van der Waals surface area contributed by atoms with Crippen LogP contribution in [0.15, 0.2) is 24.3 Å². The number of carbonyl (C=O) groups excluding carboxylic acids is 3. The number of rotatable bonds is 4. The molecule has 8 heteroatoms. The number of hydrogen-bond acceptors (Lipinski definition) is 4. The summed E-state index contributed by atoms with van der Waals surface area (Å²) in [5.74, 6) is 0.144. The molecular weight excluding hydrogens is 411 g/mol. The van der Waals surface area contributed by atoms with Gasteiger partial charge in [0.15, 0.2) is 0 Å². The number of fused-ring (bicyclic) bond motifs is 2. The molecule has 170 valence electrons. The summed E-state index contributed by atoms with van der Waals surface area (Å²) >= 11 is 0. The van der Waals surface area contributed by atoms with Crippen molar-refractivity contribution >= 4 is 23.4 Å². The number of halogens is 1. The zero-order valence-electron chi connectivity index (χ0n) is 18.3. The van der Waals surface area contributed by atoms with Gasteiger partial charge in [-0.1, -0.05) is 12.2 Å². The average molecular weight is 441 g/mol. The fraction of sp³-hybridized carbons (Fsp3) is 0.542. The van der Waals surface area contributed by atoms with Crippen LogP contribution in [0.25, 0.3) is 0 Å². The van der Waals surface area contributed by atoms with E-state index in [0.717, 1.165) is 45.4 Å². The Hall–Kier alpha value is -2.74. The summed E-state index contributed by atoms with van der Waals surface area (Å²) in [5.41, 5.74) is 1.24. The fourth-order valence-electron chi connectivity index (χ4n) is 5.69. The number of nitrogens with one attached hydrogen (secondary N) is 1. The van der Waals surface area contributed by atoms with Gasteiger partial charge in [0.1, 0.15) is 5.82 Å². The zero-order valence-corrected chi connectivity index (χ0v) is 18.3. The Morgan fingerprint density at radius 1 is 1.19 bits per heavy atom. The highest BCUT2D eigenvalue weighted by Gasteiger charge is 2.38. The first-order valence-corrected chi connectivity index (χ1v) is 11.5. The Balaban J connectivity index is 1.20. The number of benzene rings is 1. The van der Waals surface area contributed by atoms with E-state index in [2.05, 4.69) is 22.4 Å². The number of allylic oxidation sites excluding steroid dienone is 1. The maximum absolute atomic E-state index is 14.5. The lowest BCUT2D eigenvalue weighted by Crippen LogP contribution is -2.49. The maximum atomic E-state index is 14.5. The van der Waals surface area contributed by atoms with Crippen LogP contribution in [0.1, 0.15) is 35.2 Å². The van der Waals surface area contributed by atoms with Gasteiger partial charge in [0.05, 0.1) is 24.2 Å². The van der Waals surface area contributed by atoms with E-state index in [0.29, 0.717) is 29.6 Å². The Morgan fingerprint density at radius 3 is 2.69 bits per heavy atom. The molecule has 0 radical (unpaired) electrons. The fourth-order valence-corrected chi connectivity index (χ4v) is 5.69. The molecule has 0 aromatic heterocycles. The first kappa shape index (κ1) is 21.1. The largest absolute Gasteiger partial charge is 0.355 e. The van der Waals surface area contributed by atoms with Gasteiger partial charge < -0.3 is 15.1 Å². The molecule has 3 aliphatic heterocycles. The molecule has 1 aromatic rings. The second-order valence-electron chi connectivity index (χ2n) is 9.37. The first-order chi connectivity index (χ1) is 15.4. The third-order valence-corrected chi connectivity index (χ3v) is 7.46. The van der Waals surface area contributed by atoms with Gasteiger partial charge in [-0.15, -0.1) is 0 Å². The highest BCUT2D eigenvalue weighted by atomic mass is 19.1. The SMILES string of the molecule is CNC(=O)c1cc2c(cc1F)N(C1CCN(CC(=O)N3CC4C=CCC4C3)CC1)C(=O)C2. The third kappa shape index (κ3) is 3.70. The minimum Gasteiger partial charge on any atom is -0.355 e. The van der Waals surface area contributed by atoms with Crippen molar-refractivity contribution in [3.05, 3.63) is 41.2 Å². The molecule has 3 heterocycles. The summed E-state index contributed by atoms with van der Waals surface area (Å²) in [4.78, 5) is 43.3. The molecule has 2 fully saturated rings. The summed E-state index contributed by atoms with van der Waals surface area (Å²) in [6.45, 7) is 3.57. The van der Waals surface area contributed by atoms with Gasteiger partial charge in [0.2, 0.25) is 11.8 Å². The van der Waals surface area contributed by atoms with Gasteiger partial charge in [-0.25, -0.2) is 4.39 Å².